The Morgan fingerprint density at radius 3 is 2.48 bits per heavy atom. The molecule has 1 fully saturated rings. The molecule has 1 aromatic rings. The van der Waals surface area contributed by atoms with Gasteiger partial charge in [0.2, 0.25) is 0 Å². The van der Waals surface area contributed by atoms with Gasteiger partial charge in [0.25, 0.3) is 0 Å². The van der Waals surface area contributed by atoms with Gasteiger partial charge < -0.3 is 9.47 Å². The highest BCUT2D eigenvalue weighted by Crippen LogP contribution is 2.29. The van der Waals surface area contributed by atoms with Crippen molar-refractivity contribution in [1.82, 2.24) is 0 Å². The van der Waals surface area contributed by atoms with Crippen LogP contribution >= 0.6 is 0 Å². The number of carbonyl (C=O) groups excluding carboxylic acids is 1. The van der Waals surface area contributed by atoms with Crippen LogP contribution in [-0.4, -0.2) is 25.4 Å². The van der Waals surface area contributed by atoms with Gasteiger partial charge in [-0.25, -0.2) is 0 Å². The van der Waals surface area contributed by atoms with Gasteiger partial charge in [0.1, 0.15) is 12.4 Å². The minimum absolute atomic E-state index is 0.0132. The predicted octanol–water partition coefficient (Wildman–Crippen LogP) is 7.47. The molecule has 0 amide bonds. The first kappa shape index (κ1) is 26.9. The average Bonchev–Trinajstić information content (AvgIpc) is 3.28. The van der Waals surface area contributed by atoms with Crippen molar-refractivity contribution in [2.45, 2.75) is 78.7 Å². The molecule has 0 saturated heterocycles. The van der Waals surface area contributed by atoms with Gasteiger partial charge in [-0.15, -0.1) is 0 Å². The van der Waals surface area contributed by atoms with Gasteiger partial charge in [-0.05, 0) is 64.5 Å². The van der Waals surface area contributed by atoms with E-state index in [9.17, 15) is 9.18 Å². The van der Waals surface area contributed by atoms with E-state index >= 15 is 0 Å². The van der Waals surface area contributed by atoms with Crippen LogP contribution < -0.4 is 4.74 Å². The van der Waals surface area contributed by atoms with Crippen molar-refractivity contribution in [1.29, 1.82) is 0 Å². The van der Waals surface area contributed by atoms with Crippen LogP contribution in [0.5, 0.6) is 5.75 Å². The van der Waals surface area contributed by atoms with E-state index in [1.165, 1.54) is 25.7 Å². The third kappa shape index (κ3) is 13.0. The van der Waals surface area contributed by atoms with Crippen LogP contribution in [0.15, 0.2) is 54.6 Å². The van der Waals surface area contributed by atoms with E-state index in [0.717, 1.165) is 18.6 Å². The van der Waals surface area contributed by atoms with Crippen molar-refractivity contribution < 1.29 is 18.7 Å². The highest BCUT2D eigenvalue weighted by Gasteiger charge is 2.23. The first-order valence-electron chi connectivity index (χ1n) is 11.6. The van der Waals surface area contributed by atoms with Gasteiger partial charge in [-0.1, -0.05) is 62.3 Å². The number of unbranched alkanes of at least 4 members (excludes halogenated alkanes) is 1. The summed E-state index contributed by atoms with van der Waals surface area (Å²) in [6, 6.07) is 9.60. The molecule has 174 valence electrons. The molecule has 1 aliphatic carbocycles. The van der Waals surface area contributed by atoms with E-state index in [4.69, 9.17) is 9.47 Å². The molecule has 1 atom stereocenters. The smallest absolute Gasteiger partial charge is 0.306 e. The zero-order valence-corrected chi connectivity index (χ0v) is 19.8. The number of carbonyl (C=O) groups is 1. The summed E-state index contributed by atoms with van der Waals surface area (Å²) in [7, 11) is 0. The maximum atomic E-state index is 13.3. The zero-order valence-electron chi connectivity index (χ0n) is 19.8. The number of hydrogen-bond acceptors (Lipinski definition) is 3. The van der Waals surface area contributed by atoms with Gasteiger partial charge in [-0.3, -0.25) is 9.18 Å². The Morgan fingerprint density at radius 2 is 1.90 bits per heavy atom. The molecule has 0 bridgehead atoms. The maximum Gasteiger partial charge on any atom is 0.306 e. The molecule has 4 heteroatoms. The van der Waals surface area contributed by atoms with Crippen molar-refractivity contribution in [3.05, 3.63) is 54.6 Å². The second-order valence-corrected chi connectivity index (χ2v) is 8.79. The summed E-state index contributed by atoms with van der Waals surface area (Å²) in [6.45, 7) is 7.63. The highest BCUT2D eigenvalue weighted by molar-refractivity contribution is 5.69. The van der Waals surface area contributed by atoms with Crippen molar-refractivity contribution in [2.24, 2.45) is 11.3 Å². The topological polar surface area (TPSA) is 35.5 Å². The number of allylic oxidation sites excluding steroid dienone is 3. The second kappa shape index (κ2) is 15.7. The lowest BCUT2D eigenvalue weighted by molar-refractivity contribution is -0.147. The summed E-state index contributed by atoms with van der Waals surface area (Å²) >= 11 is 0. The quantitative estimate of drug-likeness (QED) is 0.207. The number of benzene rings is 1. The Balaban J connectivity index is 0.000000348. The van der Waals surface area contributed by atoms with Crippen molar-refractivity contribution in [2.75, 3.05) is 13.3 Å². The third-order valence-electron chi connectivity index (χ3n) is 5.14. The third-order valence-corrected chi connectivity index (χ3v) is 5.14. The van der Waals surface area contributed by atoms with Crippen LogP contribution in [0.1, 0.15) is 72.6 Å². The molecule has 1 aliphatic rings. The van der Waals surface area contributed by atoms with Crippen LogP contribution in [0.3, 0.4) is 0 Å². The van der Waals surface area contributed by atoms with Crippen LogP contribution in [0.25, 0.3) is 0 Å². The van der Waals surface area contributed by atoms with Crippen LogP contribution in [0, 0.1) is 11.3 Å². The van der Waals surface area contributed by atoms with E-state index in [1.54, 1.807) is 0 Å². The lowest BCUT2D eigenvalue weighted by Crippen LogP contribution is -2.25. The molecule has 1 aromatic carbocycles. The monoisotopic (exact) mass is 432 g/mol. The molecule has 0 heterocycles. The minimum Gasteiger partial charge on any atom is -0.493 e. The molecule has 2 rings (SSSR count). The minimum atomic E-state index is -0.515. The summed E-state index contributed by atoms with van der Waals surface area (Å²) in [6.07, 6.45) is 15.8. The molecule has 0 spiro atoms. The van der Waals surface area contributed by atoms with E-state index in [1.807, 2.05) is 70.2 Å². The molecule has 1 saturated carbocycles. The fourth-order valence-electron chi connectivity index (χ4n) is 3.27. The summed E-state index contributed by atoms with van der Waals surface area (Å²) < 4.78 is 23.9. The largest absolute Gasteiger partial charge is 0.493 e. The summed E-state index contributed by atoms with van der Waals surface area (Å²) in [5.74, 6) is 1.36. The van der Waals surface area contributed by atoms with Gasteiger partial charge in [0.15, 0.2) is 0 Å². The number of halogens is 1. The van der Waals surface area contributed by atoms with Crippen LogP contribution in [0.4, 0.5) is 4.39 Å². The molecule has 0 aromatic heterocycles. The number of esters is 1. The number of para-hydroxylation sites is 1. The molecule has 31 heavy (non-hydrogen) atoms. The maximum absolute atomic E-state index is 13.3. The van der Waals surface area contributed by atoms with Gasteiger partial charge in [0.05, 0.1) is 12.7 Å². The van der Waals surface area contributed by atoms with E-state index in [2.05, 4.69) is 12.2 Å². The summed E-state index contributed by atoms with van der Waals surface area (Å²) in [5, 5.41) is 0. The molecular weight excluding hydrogens is 391 g/mol. The zero-order chi connectivity index (χ0) is 23.0. The van der Waals surface area contributed by atoms with E-state index in [-0.39, 0.29) is 18.7 Å². The van der Waals surface area contributed by atoms with Gasteiger partial charge in [-0.2, -0.15) is 0 Å². The Kier molecular flexibility index (Phi) is 13.6. The molecule has 0 N–H and O–H groups in total. The van der Waals surface area contributed by atoms with Crippen molar-refractivity contribution in [3.63, 3.8) is 0 Å². The summed E-state index contributed by atoms with van der Waals surface area (Å²) in [4.78, 5) is 11.0. The average molecular weight is 433 g/mol. The molecule has 0 radical (unpaired) electrons. The lowest BCUT2D eigenvalue weighted by atomic mass is 9.91. The number of rotatable bonds is 11. The van der Waals surface area contributed by atoms with Gasteiger partial charge >= 0.3 is 5.97 Å². The first-order valence-corrected chi connectivity index (χ1v) is 11.6. The molecular formula is C27H41FO3. The fraction of sp³-hybridized carbons (Fsp3) is 0.593. The predicted molar refractivity (Wildman–Crippen MR) is 127 cm³/mol. The SMILES string of the molecule is C/C=C\CCCC(=O)OC(C)C.CC(/C=C/C1CCCC1)(CF)COc1ccccc1. The highest BCUT2D eigenvalue weighted by atomic mass is 19.1. The number of alkyl halides is 1. The van der Waals surface area contributed by atoms with Crippen molar-refractivity contribution >= 4 is 5.97 Å². The van der Waals surface area contributed by atoms with Crippen molar-refractivity contribution in [3.8, 4) is 5.75 Å². The first-order chi connectivity index (χ1) is 14.9. The van der Waals surface area contributed by atoms with Gasteiger partial charge in [0, 0.05) is 11.8 Å². The Hall–Kier alpha value is -2.10. The fourth-order valence-corrected chi connectivity index (χ4v) is 3.27. The number of ether oxygens (including phenoxy) is 2. The standard InChI is InChI=1S/C17H23FO.C10H18O2/c1-17(13-18,12-11-15-7-5-6-8-15)14-19-16-9-3-2-4-10-16;1-4-5-6-7-8-10(11)12-9(2)3/h2-4,9-12,15H,5-8,13-14H2,1H3;4-5,9H,6-8H2,1-3H3/b12-11+;5-4-. The molecule has 3 nitrogen and oxygen atoms in total. The Bertz CT molecular complexity index is 648. The Morgan fingerprint density at radius 1 is 1.23 bits per heavy atom. The second-order valence-electron chi connectivity index (χ2n) is 8.79. The van der Waals surface area contributed by atoms with E-state index in [0.29, 0.717) is 18.9 Å². The number of hydrogen-bond donors (Lipinski definition) is 0. The lowest BCUT2D eigenvalue weighted by Gasteiger charge is -2.23. The van der Waals surface area contributed by atoms with E-state index < -0.39 is 5.41 Å². The van der Waals surface area contributed by atoms with Crippen LogP contribution in [-0.2, 0) is 9.53 Å². The molecule has 1 unspecified atom stereocenters. The summed E-state index contributed by atoms with van der Waals surface area (Å²) in [5.41, 5.74) is -0.515. The van der Waals surface area contributed by atoms with Crippen LogP contribution in [0.2, 0.25) is 0 Å². The normalized spacial score (nSPS) is 16.3. The Labute approximate surface area is 188 Å². The molecule has 0 aliphatic heterocycles.